The van der Waals surface area contributed by atoms with Gasteiger partial charge in [0, 0.05) is 37.8 Å². The summed E-state index contributed by atoms with van der Waals surface area (Å²) in [6.07, 6.45) is 1.40. The highest BCUT2D eigenvalue weighted by atomic mass is 35.5. The van der Waals surface area contributed by atoms with Crippen molar-refractivity contribution in [1.29, 1.82) is 0 Å². The highest BCUT2D eigenvalue weighted by Gasteiger charge is 2.28. The van der Waals surface area contributed by atoms with E-state index < -0.39 is 0 Å². The molecule has 0 spiro atoms. The van der Waals surface area contributed by atoms with Gasteiger partial charge in [-0.2, -0.15) is 4.68 Å². The van der Waals surface area contributed by atoms with E-state index in [9.17, 15) is 9.59 Å². The van der Waals surface area contributed by atoms with E-state index in [1.165, 1.54) is 18.1 Å². The fraction of sp³-hybridized carbons (Fsp3) is 0.286. The van der Waals surface area contributed by atoms with Crippen molar-refractivity contribution in [2.45, 2.75) is 0 Å². The lowest BCUT2D eigenvalue weighted by molar-refractivity contribution is 0.0533. The fourth-order valence-electron chi connectivity index (χ4n) is 3.53. The summed E-state index contributed by atoms with van der Waals surface area (Å²) in [5.41, 5.74) is 1.42. The Morgan fingerprint density at radius 1 is 0.938 bits per heavy atom. The van der Waals surface area contributed by atoms with Gasteiger partial charge in [0.05, 0.1) is 30.5 Å². The van der Waals surface area contributed by atoms with E-state index >= 15 is 0 Å². The molecular weight excluding hydrogens is 436 g/mol. The van der Waals surface area contributed by atoms with Crippen LogP contribution in [0.3, 0.4) is 0 Å². The Kier molecular flexibility index (Phi) is 6.22. The van der Waals surface area contributed by atoms with Crippen LogP contribution in [0.1, 0.15) is 20.7 Å². The molecule has 11 heteroatoms. The molecule has 10 nitrogen and oxygen atoms in total. The van der Waals surface area contributed by atoms with Gasteiger partial charge in [0.15, 0.2) is 0 Å². The normalized spacial score (nSPS) is 13.7. The molecule has 0 radical (unpaired) electrons. The van der Waals surface area contributed by atoms with Crippen LogP contribution in [0.25, 0.3) is 5.69 Å². The zero-order valence-electron chi connectivity index (χ0n) is 17.6. The van der Waals surface area contributed by atoms with Gasteiger partial charge in [-0.15, -0.1) is 5.10 Å². The number of ether oxygens (including phenoxy) is 2. The molecule has 2 aromatic carbocycles. The van der Waals surface area contributed by atoms with Crippen molar-refractivity contribution in [2.24, 2.45) is 0 Å². The van der Waals surface area contributed by atoms with E-state index in [2.05, 4.69) is 15.5 Å². The number of hydrogen-bond donors (Lipinski definition) is 0. The number of methoxy groups -OCH3 is 2. The minimum atomic E-state index is -0.219. The molecule has 1 saturated heterocycles. The van der Waals surface area contributed by atoms with Crippen LogP contribution in [0.2, 0.25) is 5.02 Å². The molecule has 4 rings (SSSR count). The fourth-order valence-corrected chi connectivity index (χ4v) is 3.78. The van der Waals surface area contributed by atoms with Gasteiger partial charge in [-0.05, 0) is 40.8 Å². The van der Waals surface area contributed by atoms with Crippen LogP contribution in [0.15, 0.2) is 42.7 Å². The highest BCUT2D eigenvalue weighted by molar-refractivity contribution is 6.33. The first kappa shape index (κ1) is 21.6. The number of halogens is 1. The summed E-state index contributed by atoms with van der Waals surface area (Å²) in [6.45, 7) is 1.65. The largest absolute Gasteiger partial charge is 0.497 e. The second-order valence-electron chi connectivity index (χ2n) is 7.07. The lowest BCUT2D eigenvalue weighted by Gasteiger charge is -2.35. The molecule has 0 bridgehead atoms. The number of carbonyl (C=O) groups is 2. The summed E-state index contributed by atoms with van der Waals surface area (Å²) in [5, 5.41) is 11.3. The smallest absolute Gasteiger partial charge is 0.257 e. The third-order valence-corrected chi connectivity index (χ3v) is 5.59. The predicted molar refractivity (Wildman–Crippen MR) is 116 cm³/mol. The lowest BCUT2D eigenvalue weighted by Crippen LogP contribution is -2.50. The van der Waals surface area contributed by atoms with E-state index in [0.717, 1.165) is 0 Å². The van der Waals surface area contributed by atoms with Crippen LogP contribution in [-0.4, -0.2) is 82.2 Å². The van der Waals surface area contributed by atoms with Crippen LogP contribution >= 0.6 is 11.6 Å². The number of piperazine rings is 1. The second kappa shape index (κ2) is 9.23. The molecule has 1 aromatic heterocycles. The number of benzene rings is 2. The van der Waals surface area contributed by atoms with Gasteiger partial charge < -0.3 is 19.3 Å². The number of tetrazole rings is 1. The SMILES string of the molecule is COc1ccc(C(=O)N2CCN(C(=O)c3cc(Cl)c(-n4cnnn4)cc3OC)CC2)cc1. The van der Waals surface area contributed by atoms with Crippen molar-refractivity contribution >= 4 is 23.4 Å². The van der Waals surface area contributed by atoms with Crippen LogP contribution < -0.4 is 9.47 Å². The molecule has 0 unspecified atom stereocenters. The Balaban J connectivity index is 1.46. The summed E-state index contributed by atoms with van der Waals surface area (Å²) in [6, 6.07) is 10.1. The van der Waals surface area contributed by atoms with Crippen LogP contribution in [-0.2, 0) is 0 Å². The molecule has 1 aliphatic rings. The first-order valence-electron chi connectivity index (χ1n) is 9.85. The Morgan fingerprint density at radius 3 is 2.16 bits per heavy atom. The maximum Gasteiger partial charge on any atom is 0.257 e. The molecule has 2 amide bonds. The van der Waals surface area contributed by atoms with Crippen molar-refractivity contribution in [3.8, 4) is 17.2 Å². The summed E-state index contributed by atoms with van der Waals surface area (Å²) < 4.78 is 11.9. The Hall–Kier alpha value is -3.66. The molecule has 0 N–H and O–H groups in total. The number of hydrogen-bond acceptors (Lipinski definition) is 7. The molecule has 0 atom stereocenters. The number of rotatable bonds is 5. The molecule has 2 heterocycles. The molecule has 3 aromatic rings. The predicted octanol–water partition coefficient (Wildman–Crippen LogP) is 1.93. The van der Waals surface area contributed by atoms with E-state index in [4.69, 9.17) is 21.1 Å². The van der Waals surface area contributed by atoms with Crippen LogP contribution in [0.4, 0.5) is 0 Å². The molecule has 32 heavy (non-hydrogen) atoms. The number of carbonyl (C=O) groups excluding carboxylic acids is 2. The first-order valence-corrected chi connectivity index (χ1v) is 10.2. The lowest BCUT2D eigenvalue weighted by atomic mass is 10.1. The topological polar surface area (TPSA) is 103 Å². The maximum absolute atomic E-state index is 13.2. The number of nitrogens with zero attached hydrogens (tertiary/aromatic N) is 6. The van der Waals surface area contributed by atoms with E-state index in [-0.39, 0.29) is 11.8 Å². The van der Waals surface area contributed by atoms with Crippen LogP contribution in [0, 0.1) is 0 Å². The highest BCUT2D eigenvalue weighted by Crippen LogP contribution is 2.30. The van der Waals surface area contributed by atoms with Crippen molar-refractivity contribution < 1.29 is 19.1 Å². The molecule has 1 fully saturated rings. The average molecular weight is 457 g/mol. The van der Waals surface area contributed by atoms with Crippen molar-refractivity contribution in [3.05, 3.63) is 58.9 Å². The molecule has 0 aliphatic carbocycles. The maximum atomic E-state index is 13.2. The van der Waals surface area contributed by atoms with Gasteiger partial charge in [0.25, 0.3) is 11.8 Å². The number of aromatic nitrogens is 4. The van der Waals surface area contributed by atoms with Crippen molar-refractivity contribution in [3.63, 3.8) is 0 Å². The van der Waals surface area contributed by atoms with E-state index in [0.29, 0.717) is 59.5 Å². The van der Waals surface area contributed by atoms with Gasteiger partial charge in [-0.1, -0.05) is 11.6 Å². The first-order chi connectivity index (χ1) is 15.5. The summed E-state index contributed by atoms with van der Waals surface area (Å²) in [5.74, 6) is 0.757. The second-order valence-corrected chi connectivity index (χ2v) is 7.48. The van der Waals surface area contributed by atoms with E-state index in [1.807, 2.05) is 0 Å². The molecule has 0 saturated carbocycles. The van der Waals surface area contributed by atoms with Gasteiger partial charge in [0.2, 0.25) is 0 Å². The van der Waals surface area contributed by atoms with Gasteiger partial charge in [-0.25, -0.2) is 0 Å². The third-order valence-electron chi connectivity index (χ3n) is 5.29. The number of amides is 2. The quantitative estimate of drug-likeness (QED) is 0.578. The van der Waals surface area contributed by atoms with E-state index in [1.54, 1.807) is 53.3 Å². The van der Waals surface area contributed by atoms with Crippen molar-refractivity contribution in [1.82, 2.24) is 30.0 Å². The van der Waals surface area contributed by atoms with Crippen LogP contribution in [0.5, 0.6) is 11.5 Å². The zero-order chi connectivity index (χ0) is 22.7. The zero-order valence-corrected chi connectivity index (χ0v) is 18.3. The Labute approximate surface area is 189 Å². The average Bonchev–Trinajstić information content (AvgIpc) is 3.38. The standard InChI is InChI=1S/C21H21ClN6O4/c1-31-15-5-3-14(4-6-15)20(29)26-7-9-27(10-8-26)21(30)16-11-17(22)18(12-19(16)32-2)28-13-23-24-25-28/h3-6,11-13H,7-10H2,1-2H3. The summed E-state index contributed by atoms with van der Waals surface area (Å²) in [4.78, 5) is 29.4. The van der Waals surface area contributed by atoms with Crippen molar-refractivity contribution in [2.75, 3.05) is 40.4 Å². The molecule has 1 aliphatic heterocycles. The Bertz CT molecular complexity index is 1110. The van der Waals surface area contributed by atoms with Gasteiger partial charge in [-0.3, -0.25) is 9.59 Å². The summed E-state index contributed by atoms with van der Waals surface area (Å²) >= 11 is 6.38. The van der Waals surface area contributed by atoms with Gasteiger partial charge >= 0.3 is 0 Å². The third kappa shape index (κ3) is 4.22. The Morgan fingerprint density at radius 2 is 1.59 bits per heavy atom. The van der Waals surface area contributed by atoms with Gasteiger partial charge in [0.1, 0.15) is 17.8 Å². The summed E-state index contributed by atoms with van der Waals surface area (Å²) in [7, 11) is 3.06. The molecular formula is C21H21ClN6O4. The molecule has 166 valence electrons. The minimum Gasteiger partial charge on any atom is -0.497 e. The monoisotopic (exact) mass is 456 g/mol. The minimum absolute atomic E-state index is 0.0776.